The number of hydrogen-bond donors (Lipinski definition) is 1. The van der Waals surface area contributed by atoms with Crippen LogP contribution >= 0.6 is 0 Å². The van der Waals surface area contributed by atoms with Crippen LogP contribution in [0.4, 0.5) is 10.1 Å². The zero-order valence-electron chi connectivity index (χ0n) is 15.4. The summed E-state index contributed by atoms with van der Waals surface area (Å²) in [7, 11) is -1.27. The number of sulfonamides is 1. The predicted molar refractivity (Wildman–Crippen MR) is 98.7 cm³/mol. The van der Waals surface area contributed by atoms with Crippen molar-refractivity contribution in [1.29, 1.82) is 0 Å². The van der Waals surface area contributed by atoms with Gasteiger partial charge in [-0.05, 0) is 37.1 Å². The van der Waals surface area contributed by atoms with Crippen LogP contribution in [-0.2, 0) is 26.6 Å². The number of carbonyl (C=O) groups is 2. The number of benzene rings is 1. The Hall–Kier alpha value is -2.72. The van der Waals surface area contributed by atoms with Crippen LogP contribution in [0.1, 0.15) is 23.3 Å². The average Bonchev–Trinajstić information content (AvgIpc) is 3.28. The maximum atomic E-state index is 13.3. The van der Waals surface area contributed by atoms with Crippen molar-refractivity contribution in [1.82, 2.24) is 8.87 Å². The Kier molecular flexibility index (Phi) is 5.52. The molecule has 1 saturated heterocycles. The van der Waals surface area contributed by atoms with Crippen molar-refractivity contribution in [2.75, 3.05) is 19.0 Å². The largest absolute Gasteiger partial charge is 0.464 e. The molecule has 0 unspecified atom stereocenters. The molecule has 0 radical (unpaired) electrons. The van der Waals surface area contributed by atoms with Crippen molar-refractivity contribution in [2.45, 2.75) is 23.8 Å². The van der Waals surface area contributed by atoms with Gasteiger partial charge in [-0.3, -0.25) is 4.79 Å². The van der Waals surface area contributed by atoms with E-state index < -0.39 is 33.8 Å². The molecule has 1 aliphatic heterocycles. The number of ether oxygens (including phenoxy) is 1. The molecule has 1 aromatic heterocycles. The number of amides is 1. The van der Waals surface area contributed by atoms with Crippen LogP contribution in [0.15, 0.2) is 41.4 Å². The maximum Gasteiger partial charge on any atom is 0.354 e. The van der Waals surface area contributed by atoms with Crippen LogP contribution in [0, 0.1) is 5.82 Å². The number of carbonyl (C=O) groups excluding carboxylic acids is 2. The van der Waals surface area contributed by atoms with Crippen LogP contribution < -0.4 is 5.32 Å². The summed E-state index contributed by atoms with van der Waals surface area (Å²) < 4.78 is 46.5. The standard InChI is InChI=1S/C18H20FN3O5S/c1-21-11-14(10-16(21)18(24)27-2)28(25,26)22-8-4-7-15(22)17(23)20-13-6-3-5-12(19)9-13/h3,5-6,9-11,15H,4,7-8H2,1-2H3,(H,20,23)/t15-/m1/s1. The second-order valence-corrected chi connectivity index (χ2v) is 8.33. The van der Waals surface area contributed by atoms with E-state index in [0.717, 1.165) is 10.4 Å². The van der Waals surface area contributed by atoms with Crippen molar-refractivity contribution < 1.29 is 27.1 Å². The fourth-order valence-electron chi connectivity index (χ4n) is 3.20. The lowest BCUT2D eigenvalue weighted by Crippen LogP contribution is -2.43. The van der Waals surface area contributed by atoms with Gasteiger partial charge in [-0.2, -0.15) is 4.31 Å². The van der Waals surface area contributed by atoms with Crippen LogP contribution in [0.25, 0.3) is 0 Å². The SMILES string of the molecule is COC(=O)c1cc(S(=O)(=O)N2CCC[C@@H]2C(=O)Nc2cccc(F)c2)cn1C. The minimum absolute atomic E-state index is 0.0843. The second kappa shape index (κ2) is 7.72. The molecule has 1 atom stereocenters. The van der Waals surface area contributed by atoms with Crippen molar-refractivity contribution in [3.05, 3.63) is 48.0 Å². The molecule has 0 bridgehead atoms. The number of nitrogens with one attached hydrogen (secondary N) is 1. The lowest BCUT2D eigenvalue weighted by Gasteiger charge is -2.22. The zero-order chi connectivity index (χ0) is 20.5. The average molecular weight is 409 g/mol. The van der Waals surface area contributed by atoms with Gasteiger partial charge in [0.25, 0.3) is 0 Å². The van der Waals surface area contributed by atoms with Crippen molar-refractivity contribution >= 4 is 27.6 Å². The van der Waals surface area contributed by atoms with Crippen LogP contribution in [0.2, 0.25) is 0 Å². The smallest absolute Gasteiger partial charge is 0.354 e. The molecule has 150 valence electrons. The lowest BCUT2D eigenvalue weighted by atomic mass is 10.2. The molecule has 10 heteroatoms. The molecule has 1 aliphatic rings. The lowest BCUT2D eigenvalue weighted by molar-refractivity contribution is -0.119. The Bertz CT molecular complexity index is 1020. The monoisotopic (exact) mass is 409 g/mol. The number of aromatic nitrogens is 1. The Balaban J connectivity index is 1.85. The van der Waals surface area contributed by atoms with Crippen LogP contribution in [-0.4, -0.2) is 48.9 Å². The fourth-order valence-corrected chi connectivity index (χ4v) is 4.93. The molecule has 3 rings (SSSR count). The van der Waals surface area contributed by atoms with E-state index in [1.807, 2.05) is 0 Å². The molecule has 2 heterocycles. The summed E-state index contributed by atoms with van der Waals surface area (Å²) >= 11 is 0. The number of rotatable bonds is 5. The van der Waals surface area contributed by atoms with Gasteiger partial charge in [0, 0.05) is 25.5 Å². The van der Waals surface area contributed by atoms with E-state index in [-0.39, 0.29) is 22.8 Å². The highest BCUT2D eigenvalue weighted by molar-refractivity contribution is 7.89. The Morgan fingerprint density at radius 3 is 2.71 bits per heavy atom. The molecular weight excluding hydrogens is 389 g/mol. The normalized spacial score (nSPS) is 17.5. The van der Waals surface area contributed by atoms with Crippen molar-refractivity contribution in [3.63, 3.8) is 0 Å². The van der Waals surface area contributed by atoms with E-state index >= 15 is 0 Å². The van der Waals surface area contributed by atoms with Gasteiger partial charge in [-0.15, -0.1) is 0 Å². The minimum atomic E-state index is -4.01. The topological polar surface area (TPSA) is 97.7 Å². The third-order valence-corrected chi connectivity index (χ3v) is 6.45. The zero-order valence-corrected chi connectivity index (χ0v) is 16.2. The van der Waals surface area contributed by atoms with Gasteiger partial charge in [0.05, 0.1) is 7.11 Å². The highest BCUT2D eigenvalue weighted by Gasteiger charge is 2.40. The quantitative estimate of drug-likeness (QED) is 0.759. The predicted octanol–water partition coefficient (Wildman–Crippen LogP) is 1.74. The van der Waals surface area contributed by atoms with Crippen LogP contribution in [0.3, 0.4) is 0 Å². The Labute approximate surface area is 161 Å². The summed E-state index contributed by atoms with van der Waals surface area (Å²) in [6.45, 7) is 0.173. The van der Waals surface area contributed by atoms with E-state index in [0.29, 0.717) is 12.8 Å². The first-order chi connectivity index (χ1) is 13.2. The van der Waals surface area contributed by atoms with Gasteiger partial charge in [0.15, 0.2) is 0 Å². The van der Waals surface area contributed by atoms with Gasteiger partial charge < -0.3 is 14.6 Å². The Morgan fingerprint density at radius 1 is 1.29 bits per heavy atom. The fraction of sp³-hybridized carbons (Fsp3) is 0.333. The third kappa shape index (κ3) is 3.78. The molecule has 1 aromatic carbocycles. The minimum Gasteiger partial charge on any atom is -0.464 e. The number of halogens is 1. The summed E-state index contributed by atoms with van der Waals surface area (Å²) in [6.07, 6.45) is 2.16. The molecule has 28 heavy (non-hydrogen) atoms. The molecule has 0 spiro atoms. The highest BCUT2D eigenvalue weighted by atomic mass is 32.2. The van der Waals surface area contributed by atoms with E-state index in [2.05, 4.69) is 10.1 Å². The molecule has 0 saturated carbocycles. The third-order valence-electron chi connectivity index (χ3n) is 4.58. The van der Waals surface area contributed by atoms with Gasteiger partial charge in [-0.1, -0.05) is 6.07 Å². The van der Waals surface area contributed by atoms with Crippen LogP contribution in [0.5, 0.6) is 0 Å². The van der Waals surface area contributed by atoms with Gasteiger partial charge in [0.2, 0.25) is 15.9 Å². The molecule has 0 aliphatic carbocycles. The summed E-state index contributed by atoms with van der Waals surface area (Å²) in [5.74, 6) is -1.70. The first kappa shape index (κ1) is 20.0. The van der Waals surface area contributed by atoms with Crippen molar-refractivity contribution in [3.8, 4) is 0 Å². The van der Waals surface area contributed by atoms with Gasteiger partial charge in [-0.25, -0.2) is 17.6 Å². The molecular formula is C18H20FN3O5S. The molecule has 1 N–H and O–H groups in total. The second-order valence-electron chi connectivity index (χ2n) is 6.44. The summed E-state index contributed by atoms with van der Waals surface area (Å²) in [5.41, 5.74) is 0.336. The highest BCUT2D eigenvalue weighted by Crippen LogP contribution is 2.28. The molecule has 1 amide bonds. The van der Waals surface area contributed by atoms with E-state index in [9.17, 15) is 22.4 Å². The molecule has 8 nitrogen and oxygen atoms in total. The molecule has 2 aromatic rings. The summed E-state index contributed by atoms with van der Waals surface area (Å²) in [6, 6.07) is 5.68. The maximum absolute atomic E-state index is 13.3. The number of hydrogen-bond acceptors (Lipinski definition) is 5. The number of anilines is 1. The molecule has 1 fully saturated rings. The van der Waals surface area contributed by atoms with E-state index in [4.69, 9.17) is 0 Å². The van der Waals surface area contributed by atoms with E-state index in [1.54, 1.807) is 0 Å². The van der Waals surface area contributed by atoms with Gasteiger partial charge >= 0.3 is 5.97 Å². The number of esters is 1. The number of nitrogens with zero attached hydrogens (tertiary/aromatic N) is 2. The van der Waals surface area contributed by atoms with E-state index in [1.165, 1.54) is 49.2 Å². The van der Waals surface area contributed by atoms with Crippen molar-refractivity contribution in [2.24, 2.45) is 7.05 Å². The summed E-state index contributed by atoms with van der Waals surface area (Å²) in [4.78, 5) is 24.3. The first-order valence-electron chi connectivity index (χ1n) is 8.57. The number of methoxy groups -OCH3 is 1. The first-order valence-corrected chi connectivity index (χ1v) is 10.0. The summed E-state index contributed by atoms with van der Waals surface area (Å²) in [5, 5.41) is 2.56. The number of aryl methyl sites for hydroxylation is 1. The van der Waals surface area contributed by atoms with Gasteiger partial charge in [0.1, 0.15) is 22.4 Å². The Morgan fingerprint density at radius 2 is 2.04 bits per heavy atom.